The number of nitrogens with two attached hydrogens (primary N) is 1. The maximum absolute atomic E-state index is 12.4. The minimum atomic E-state index is -0.533. The molecule has 1 aromatic carbocycles. The summed E-state index contributed by atoms with van der Waals surface area (Å²) in [6.45, 7) is 6.72. The van der Waals surface area contributed by atoms with Crippen molar-refractivity contribution in [1.29, 1.82) is 0 Å². The number of halogens is 1. The zero-order chi connectivity index (χ0) is 16.3. The fraction of sp³-hybridized carbons (Fsp3) is 0.588. The molecule has 2 saturated carbocycles. The Morgan fingerprint density at radius 3 is 2.64 bits per heavy atom. The number of hydrogen-bond donors (Lipinski definition) is 2. The average Bonchev–Trinajstić information content (AvgIpc) is 2.76. The van der Waals surface area contributed by atoms with E-state index in [0.29, 0.717) is 5.92 Å². The predicted octanol–water partition coefficient (Wildman–Crippen LogP) is 4.00. The highest BCUT2D eigenvalue weighted by Crippen LogP contribution is 2.66. The summed E-state index contributed by atoms with van der Waals surface area (Å²) in [6, 6.07) is 2.65. The molecule has 120 valence electrons. The summed E-state index contributed by atoms with van der Waals surface area (Å²) < 4.78 is 5.75. The van der Waals surface area contributed by atoms with E-state index < -0.39 is 5.97 Å². The molecule has 0 spiro atoms. The van der Waals surface area contributed by atoms with Gasteiger partial charge in [0.05, 0.1) is 10.7 Å². The minimum absolute atomic E-state index is 0.0133. The van der Waals surface area contributed by atoms with Crippen molar-refractivity contribution < 1.29 is 14.6 Å². The summed E-state index contributed by atoms with van der Waals surface area (Å²) >= 11 is 5.94. The number of fused-ring (bicyclic) bond motifs is 2. The van der Waals surface area contributed by atoms with Crippen LogP contribution in [0.25, 0.3) is 0 Å². The lowest BCUT2D eigenvalue weighted by Crippen LogP contribution is -2.38. The molecule has 22 heavy (non-hydrogen) atoms. The molecule has 5 heteroatoms. The topological polar surface area (TPSA) is 72.5 Å². The average molecular weight is 324 g/mol. The van der Waals surface area contributed by atoms with Crippen LogP contribution < -0.4 is 5.73 Å². The van der Waals surface area contributed by atoms with Crippen molar-refractivity contribution in [3.05, 3.63) is 22.7 Å². The molecule has 0 radical (unpaired) electrons. The van der Waals surface area contributed by atoms with Gasteiger partial charge in [0.15, 0.2) is 0 Å². The normalized spacial score (nSPS) is 32.2. The van der Waals surface area contributed by atoms with Gasteiger partial charge in [-0.05, 0) is 36.7 Å². The summed E-state index contributed by atoms with van der Waals surface area (Å²) in [5, 5.41) is 10.2. The van der Waals surface area contributed by atoms with E-state index in [1.807, 2.05) is 0 Å². The molecule has 0 heterocycles. The Hall–Kier alpha value is -1.42. The number of phenols is 1. The summed E-state index contributed by atoms with van der Waals surface area (Å²) in [7, 11) is 0. The predicted molar refractivity (Wildman–Crippen MR) is 86.0 cm³/mol. The molecule has 3 N–H and O–H groups in total. The molecular weight excluding hydrogens is 302 g/mol. The molecular formula is C17H22ClNO3. The number of rotatable bonds is 2. The number of carbonyl (C=O) groups is 1. The number of esters is 1. The lowest BCUT2D eigenvalue weighted by atomic mass is 9.70. The number of nitrogen functional groups attached to an aromatic ring is 1. The molecule has 3 unspecified atom stereocenters. The molecule has 2 bridgehead atoms. The molecule has 0 aliphatic heterocycles. The van der Waals surface area contributed by atoms with Crippen molar-refractivity contribution in [3.8, 4) is 5.75 Å². The Morgan fingerprint density at radius 2 is 2.09 bits per heavy atom. The Morgan fingerprint density at radius 1 is 1.41 bits per heavy atom. The first-order valence-electron chi connectivity index (χ1n) is 7.66. The van der Waals surface area contributed by atoms with E-state index in [1.54, 1.807) is 0 Å². The van der Waals surface area contributed by atoms with Gasteiger partial charge in [0.1, 0.15) is 17.4 Å². The summed E-state index contributed by atoms with van der Waals surface area (Å²) in [6.07, 6.45) is 3.02. The Balaban J connectivity index is 1.83. The van der Waals surface area contributed by atoms with Gasteiger partial charge in [-0.15, -0.1) is 0 Å². The van der Waals surface area contributed by atoms with Gasteiger partial charge in [-0.3, -0.25) is 0 Å². The smallest absolute Gasteiger partial charge is 0.342 e. The van der Waals surface area contributed by atoms with E-state index in [1.165, 1.54) is 18.6 Å². The number of anilines is 1. The fourth-order valence-corrected chi connectivity index (χ4v) is 4.41. The van der Waals surface area contributed by atoms with Gasteiger partial charge >= 0.3 is 5.97 Å². The standard InChI is InChI=1S/C17H22ClNO3/c1-16(2)9-4-5-17(16,3)14(6-9)22-15(21)10-7-11(18)12(19)8-13(10)20/h7-9,14,20H,4-6,19H2,1-3H3. The fourth-order valence-electron chi connectivity index (χ4n) is 4.24. The van der Waals surface area contributed by atoms with Gasteiger partial charge < -0.3 is 15.6 Å². The molecule has 1 aromatic rings. The molecule has 2 aliphatic carbocycles. The van der Waals surface area contributed by atoms with Crippen molar-refractivity contribution in [2.24, 2.45) is 16.7 Å². The zero-order valence-corrected chi connectivity index (χ0v) is 13.9. The van der Waals surface area contributed by atoms with Gasteiger partial charge in [-0.25, -0.2) is 4.79 Å². The Labute approximate surface area is 135 Å². The van der Waals surface area contributed by atoms with Crippen LogP contribution in [0.2, 0.25) is 5.02 Å². The SMILES string of the molecule is CC1(C)C2CCC1(C)C(OC(=O)c1cc(Cl)c(N)cc1O)C2. The molecule has 4 nitrogen and oxygen atoms in total. The van der Waals surface area contributed by atoms with Crippen LogP contribution in [0.4, 0.5) is 5.69 Å². The highest BCUT2D eigenvalue weighted by Gasteiger charge is 2.62. The Bertz CT molecular complexity index is 643. The molecule has 0 aromatic heterocycles. The molecule has 2 aliphatic rings. The number of carbonyl (C=O) groups excluding carboxylic acids is 1. The van der Waals surface area contributed by atoms with Crippen LogP contribution in [0, 0.1) is 16.7 Å². The van der Waals surface area contributed by atoms with Crippen molar-refractivity contribution >= 4 is 23.3 Å². The second-order valence-electron chi connectivity index (χ2n) is 7.40. The van der Waals surface area contributed by atoms with Crippen LogP contribution in [0.1, 0.15) is 50.4 Å². The van der Waals surface area contributed by atoms with E-state index in [4.69, 9.17) is 22.1 Å². The number of aromatic hydroxyl groups is 1. The van der Waals surface area contributed by atoms with Gasteiger partial charge in [-0.1, -0.05) is 32.4 Å². The number of hydrogen-bond acceptors (Lipinski definition) is 4. The Kier molecular flexibility index (Phi) is 3.37. The van der Waals surface area contributed by atoms with Gasteiger partial charge in [-0.2, -0.15) is 0 Å². The monoisotopic (exact) mass is 323 g/mol. The van der Waals surface area contributed by atoms with Gasteiger partial charge in [0, 0.05) is 11.5 Å². The van der Waals surface area contributed by atoms with Crippen molar-refractivity contribution in [2.45, 2.75) is 46.1 Å². The van der Waals surface area contributed by atoms with Crippen LogP contribution >= 0.6 is 11.6 Å². The quantitative estimate of drug-likeness (QED) is 0.637. The van der Waals surface area contributed by atoms with Crippen LogP contribution in [0.15, 0.2) is 12.1 Å². The molecule has 2 fully saturated rings. The summed E-state index contributed by atoms with van der Waals surface area (Å²) in [5.74, 6) is -0.146. The number of ether oxygens (including phenoxy) is 1. The maximum atomic E-state index is 12.4. The van der Waals surface area contributed by atoms with Crippen LogP contribution in [-0.2, 0) is 4.74 Å². The molecule has 0 saturated heterocycles. The van der Waals surface area contributed by atoms with Crippen LogP contribution in [0.5, 0.6) is 5.75 Å². The summed E-state index contributed by atoms with van der Waals surface area (Å²) in [5.41, 5.74) is 6.08. The minimum Gasteiger partial charge on any atom is -0.507 e. The van der Waals surface area contributed by atoms with Gasteiger partial charge in [0.2, 0.25) is 0 Å². The zero-order valence-electron chi connectivity index (χ0n) is 13.1. The van der Waals surface area contributed by atoms with E-state index in [-0.39, 0.29) is 39.0 Å². The van der Waals surface area contributed by atoms with E-state index in [9.17, 15) is 9.90 Å². The maximum Gasteiger partial charge on any atom is 0.342 e. The van der Waals surface area contributed by atoms with Crippen LogP contribution in [0.3, 0.4) is 0 Å². The molecule has 3 rings (SSSR count). The van der Waals surface area contributed by atoms with Crippen molar-refractivity contribution in [3.63, 3.8) is 0 Å². The number of phenolic OH excluding ortho intramolecular Hbond substituents is 1. The van der Waals surface area contributed by atoms with E-state index >= 15 is 0 Å². The molecule has 0 amide bonds. The first-order chi connectivity index (χ1) is 10.2. The third-order valence-corrected chi connectivity index (χ3v) is 6.63. The van der Waals surface area contributed by atoms with Crippen molar-refractivity contribution in [1.82, 2.24) is 0 Å². The first kappa shape index (κ1) is 15.5. The second-order valence-corrected chi connectivity index (χ2v) is 7.80. The first-order valence-corrected chi connectivity index (χ1v) is 8.03. The van der Waals surface area contributed by atoms with E-state index in [0.717, 1.165) is 12.8 Å². The lowest BCUT2D eigenvalue weighted by Gasteiger charge is -2.38. The number of benzene rings is 1. The largest absolute Gasteiger partial charge is 0.507 e. The second kappa shape index (κ2) is 4.79. The van der Waals surface area contributed by atoms with Crippen molar-refractivity contribution in [2.75, 3.05) is 5.73 Å². The highest BCUT2D eigenvalue weighted by atomic mass is 35.5. The third kappa shape index (κ3) is 2.00. The lowest BCUT2D eigenvalue weighted by molar-refractivity contribution is -0.0244. The van der Waals surface area contributed by atoms with E-state index in [2.05, 4.69) is 20.8 Å². The third-order valence-electron chi connectivity index (χ3n) is 6.30. The van der Waals surface area contributed by atoms with Crippen LogP contribution in [-0.4, -0.2) is 17.2 Å². The highest BCUT2D eigenvalue weighted by molar-refractivity contribution is 6.33. The van der Waals surface area contributed by atoms with Gasteiger partial charge in [0.25, 0.3) is 0 Å². The summed E-state index contributed by atoms with van der Waals surface area (Å²) in [4.78, 5) is 12.4. The molecule has 3 atom stereocenters.